The zero-order valence-electron chi connectivity index (χ0n) is 12.5. The quantitative estimate of drug-likeness (QED) is 0.909. The van der Waals surface area contributed by atoms with E-state index < -0.39 is 12.0 Å². The molecule has 5 nitrogen and oxygen atoms in total. The highest BCUT2D eigenvalue weighted by molar-refractivity contribution is 5.80. The van der Waals surface area contributed by atoms with Crippen molar-refractivity contribution in [2.24, 2.45) is 5.73 Å². The second kappa shape index (κ2) is 9.99. The summed E-state index contributed by atoms with van der Waals surface area (Å²) in [6.07, 6.45) is -0.655. The summed E-state index contributed by atoms with van der Waals surface area (Å²) in [7, 11) is 0. The molecule has 116 valence electrons. The van der Waals surface area contributed by atoms with Gasteiger partial charge in [0.15, 0.2) is 0 Å². The van der Waals surface area contributed by atoms with Gasteiger partial charge in [0.25, 0.3) is 0 Å². The molecular weight excluding hydrogens is 280 g/mol. The van der Waals surface area contributed by atoms with Crippen LogP contribution in [0.4, 0.5) is 4.79 Å². The van der Waals surface area contributed by atoms with E-state index in [-0.39, 0.29) is 13.2 Å². The van der Waals surface area contributed by atoms with Gasteiger partial charge in [-0.05, 0) is 12.5 Å². The predicted molar refractivity (Wildman–Crippen MR) is 85.0 cm³/mol. The van der Waals surface area contributed by atoms with Crippen LogP contribution in [0.2, 0.25) is 0 Å². The zero-order valence-corrected chi connectivity index (χ0v) is 12.5. The highest BCUT2D eigenvalue weighted by atomic mass is 16.5. The first-order valence-electron chi connectivity index (χ1n) is 6.82. The van der Waals surface area contributed by atoms with Gasteiger partial charge < -0.3 is 15.8 Å². The Balaban J connectivity index is 0.000000287. The SMILES string of the molecule is Cc1ccccc1.NC(=O)CNC(=O)OCc1ccccc1. The van der Waals surface area contributed by atoms with Gasteiger partial charge in [0.05, 0.1) is 6.54 Å². The monoisotopic (exact) mass is 300 g/mol. The van der Waals surface area contributed by atoms with E-state index >= 15 is 0 Å². The Morgan fingerprint density at radius 3 is 2.00 bits per heavy atom. The lowest BCUT2D eigenvalue weighted by Gasteiger charge is -2.05. The van der Waals surface area contributed by atoms with E-state index in [2.05, 4.69) is 24.4 Å². The molecule has 0 aliphatic heterocycles. The molecule has 0 fully saturated rings. The molecule has 0 radical (unpaired) electrons. The standard InChI is InChI=1S/C10H12N2O3.C7H8/c11-9(13)6-12-10(14)15-7-8-4-2-1-3-5-8;1-7-5-3-2-4-6-7/h1-5H,6-7H2,(H2,11,13)(H,12,14);2-6H,1H3. The molecular formula is C17H20N2O3. The van der Waals surface area contributed by atoms with Crippen molar-refractivity contribution in [1.82, 2.24) is 5.32 Å². The first-order valence-corrected chi connectivity index (χ1v) is 6.82. The third-order valence-electron chi connectivity index (χ3n) is 2.56. The van der Waals surface area contributed by atoms with Gasteiger partial charge in [0.2, 0.25) is 5.91 Å². The molecule has 0 heterocycles. The maximum Gasteiger partial charge on any atom is 0.407 e. The fourth-order valence-electron chi connectivity index (χ4n) is 1.47. The highest BCUT2D eigenvalue weighted by Gasteiger charge is 2.03. The van der Waals surface area contributed by atoms with Crippen LogP contribution in [0.15, 0.2) is 60.7 Å². The number of hydrogen-bond acceptors (Lipinski definition) is 3. The fourth-order valence-corrected chi connectivity index (χ4v) is 1.47. The molecule has 3 N–H and O–H groups in total. The lowest BCUT2D eigenvalue weighted by Crippen LogP contribution is -2.33. The van der Waals surface area contributed by atoms with E-state index in [9.17, 15) is 9.59 Å². The average molecular weight is 300 g/mol. The summed E-state index contributed by atoms with van der Waals surface area (Å²) in [4.78, 5) is 21.3. The summed E-state index contributed by atoms with van der Waals surface area (Å²) >= 11 is 0. The minimum Gasteiger partial charge on any atom is -0.445 e. The smallest absolute Gasteiger partial charge is 0.407 e. The van der Waals surface area contributed by atoms with E-state index in [4.69, 9.17) is 10.5 Å². The van der Waals surface area contributed by atoms with Crippen LogP contribution in [-0.4, -0.2) is 18.5 Å². The summed E-state index contributed by atoms with van der Waals surface area (Å²) in [5, 5.41) is 2.22. The number of carbonyl (C=O) groups excluding carboxylic acids is 2. The molecule has 2 amide bonds. The Bertz CT molecular complexity index is 571. The topological polar surface area (TPSA) is 81.4 Å². The third kappa shape index (κ3) is 8.37. The van der Waals surface area contributed by atoms with Crippen LogP contribution in [0.1, 0.15) is 11.1 Å². The van der Waals surface area contributed by atoms with E-state index in [0.29, 0.717) is 0 Å². The van der Waals surface area contributed by atoms with Crippen molar-refractivity contribution in [3.05, 3.63) is 71.8 Å². The second-order valence-corrected chi connectivity index (χ2v) is 4.54. The van der Waals surface area contributed by atoms with E-state index in [1.807, 2.05) is 48.5 Å². The van der Waals surface area contributed by atoms with Crippen molar-refractivity contribution in [3.8, 4) is 0 Å². The van der Waals surface area contributed by atoms with Gasteiger partial charge in [-0.15, -0.1) is 0 Å². The molecule has 0 aliphatic carbocycles. The van der Waals surface area contributed by atoms with Gasteiger partial charge in [-0.1, -0.05) is 66.2 Å². The van der Waals surface area contributed by atoms with Crippen LogP contribution in [0.3, 0.4) is 0 Å². The van der Waals surface area contributed by atoms with Crippen LogP contribution in [0, 0.1) is 6.92 Å². The van der Waals surface area contributed by atoms with Crippen molar-refractivity contribution in [2.45, 2.75) is 13.5 Å². The molecule has 2 rings (SSSR count). The number of ether oxygens (including phenoxy) is 1. The molecule has 0 bridgehead atoms. The van der Waals surface area contributed by atoms with Crippen molar-refractivity contribution in [1.29, 1.82) is 0 Å². The first-order chi connectivity index (χ1) is 10.6. The summed E-state index contributed by atoms with van der Waals surface area (Å²) in [6.45, 7) is 2.04. The summed E-state index contributed by atoms with van der Waals surface area (Å²) in [5.74, 6) is -0.605. The molecule has 0 unspecified atom stereocenters. The van der Waals surface area contributed by atoms with Gasteiger partial charge in [-0.25, -0.2) is 4.79 Å². The van der Waals surface area contributed by atoms with Gasteiger partial charge in [-0.2, -0.15) is 0 Å². The molecule has 22 heavy (non-hydrogen) atoms. The van der Waals surface area contributed by atoms with Crippen LogP contribution in [0.5, 0.6) is 0 Å². The molecule has 0 spiro atoms. The number of aryl methyl sites for hydroxylation is 1. The molecule has 0 aromatic heterocycles. The Morgan fingerprint density at radius 2 is 1.55 bits per heavy atom. The predicted octanol–water partition coefficient (Wildman–Crippen LogP) is 2.39. The second-order valence-electron chi connectivity index (χ2n) is 4.54. The van der Waals surface area contributed by atoms with Gasteiger partial charge in [0, 0.05) is 0 Å². The molecule has 2 aromatic rings. The van der Waals surface area contributed by atoms with Crippen LogP contribution >= 0.6 is 0 Å². The number of rotatable bonds is 4. The van der Waals surface area contributed by atoms with Crippen LogP contribution in [-0.2, 0) is 16.1 Å². The number of alkyl carbamates (subject to hydrolysis) is 1. The molecule has 5 heteroatoms. The Labute approximate surface area is 130 Å². The Hall–Kier alpha value is -2.82. The van der Waals surface area contributed by atoms with Crippen molar-refractivity contribution >= 4 is 12.0 Å². The van der Waals surface area contributed by atoms with Crippen molar-refractivity contribution in [2.75, 3.05) is 6.54 Å². The zero-order chi connectivity index (χ0) is 16.2. The summed E-state index contributed by atoms with van der Waals surface area (Å²) in [5.41, 5.74) is 7.04. The number of hydrogen-bond donors (Lipinski definition) is 2. The Kier molecular flexibility index (Phi) is 7.82. The minimum atomic E-state index is -0.655. The lowest BCUT2D eigenvalue weighted by molar-refractivity contribution is -0.117. The fraction of sp³-hybridized carbons (Fsp3) is 0.176. The number of nitrogens with two attached hydrogens (primary N) is 1. The molecule has 0 saturated carbocycles. The number of nitrogens with one attached hydrogen (secondary N) is 1. The van der Waals surface area contributed by atoms with E-state index in [1.54, 1.807) is 0 Å². The molecule has 2 aromatic carbocycles. The van der Waals surface area contributed by atoms with Crippen LogP contribution < -0.4 is 11.1 Å². The first kappa shape index (κ1) is 17.2. The van der Waals surface area contributed by atoms with Crippen molar-refractivity contribution < 1.29 is 14.3 Å². The lowest BCUT2D eigenvalue weighted by atomic mass is 10.2. The maximum atomic E-state index is 11.0. The summed E-state index contributed by atoms with van der Waals surface area (Å²) in [6, 6.07) is 19.5. The minimum absolute atomic E-state index is 0.172. The van der Waals surface area contributed by atoms with E-state index in [0.717, 1.165) is 5.56 Å². The van der Waals surface area contributed by atoms with Gasteiger partial charge >= 0.3 is 6.09 Å². The van der Waals surface area contributed by atoms with E-state index in [1.165, 1.54) is 5.56 Å². The third-order valence-corrected chi connectivity index (χ3v) is 2.56. The number of benzene rings is 2. The highest BCUT2D eigenvalue weighted by Crippen LogP contribution is 2.00. The largest absolute Gasteiger partial charge is 0.445 e. The normalized spacial score (nSPS) is 9.14. The average Bonchev–Trinajstić information content (AvgIpc) is 2.53. The van der Waals surface area contributed by atoms with Gasteiger partial charge in [-0.3, -0.25) is 4.79 Å². The van der Waals surface area contributed by atoms with Crippen molar-refractivity contribution in [3.63, 3.8) is 0 Å². The van der Waals surface area contributed by atoms with Gasteiger partial charge in [0.1, 0.15) is 6.61 Å². The molecule has 0 saturated heterocycles. The number of amides is 2. The Morgan fingerprint density at radius 1 is 1.00 bits per heavy atom. The number of carbonyl (C=O) groups is 2. The number of primary amides is 1. The maximum absolute atomic E-state index is 11.0. The van der Waals surface area contributed by atoms with Crippen LogP contribution in [0.25, 0.3) is 0 Å². The molecule has 0 aliphatic rings. The summed E-state index contributed by atoms with van der Waals surface area (Å²) < 4.78 is 4.82. The molecule has 0 atom stereocenters.